The second-order valence-corrected chi connectivity index (χ2v) is 9.59. The zero-order chi connectivity index (χ0) is 20.9. The maximum atomic E-state index is 13.4. The number of anilines is 1. The van der Waals surface area contributed by atoms with Crippen molar-refractivity contribution < 1.29 is 4.79 Å². The number of amides is 1. The molecule has 0 aliphatic heterocycles. The number of hydrogen-bond donors (Lipinski definition) is 0. The Morgan fingerprint density at radius 1 is 0.900 bits per heavy atom. The van der Waals surface area contributed by atoms with Gasteiger partial charge >= 0.3 is 0 Å². The van der Waals surface area contributed by atoms with Crippen LogP contribution >= 0.6 is 34.9 Å². The molecule has 1 amide bonds. The van der Waals surface area contributed by atoms with Gasteiger partial charge < -0.3 is 0 Å². The van der Waals surface area contributed by atoms with E-state index in [2.05, 4.69) is 36.8 Å². The molecule has 0 aliphatic rings. The van der Waals surface area contributed by atoms with Crippen LogP contribution in [0.1, 0.15) is 11.1 Å². The molecule has 0 saturated carbocycles. The molecule has 0 atom stereocenters. The Balaban J connectivity index is 1.65. The highest BCUT2D eigenvalue weighted by atomic mass is 32.2. The first-order chi connectivity index (χ1) is 14.7. The summed E-state index contributed by atoms with van der Waals surface area (Å²) in [6.45, 7) is 0.512. The van der Waals surface area contributed by atoms with E-state index in [9.17, 15) is 4.79 Å². The van der Waals surface area contributed by atoms with Gasteiger partial charge in [-0.25, -0.2) is 4.98 Å². The van der Waals surface area contributed by atoms with Gasteiger partial charge in [-0.2, -0.15) is 0 Å². The topological polar surface area (TPSA) is 33.2 Å². The summed E-state index contributed by atoms with van der Waals surface area (Å²) in [6.07, 6.45) is 4.47. The van der Waals surface area contributed by atoms with Gasteiger partial charge in [0.2, 0.25) is 5.91 Å². The molecule has 30 heavy (non-hydrogen) atoms. The van der Waals surface area contributed by atoms with Crippen LogP contribution in [-0.2, 0) is 17.8 Å². The summed E-state index contributed by atoms with van der Waals surface area (Å²) in [5.74, 6) is 0.0555. The van der Waals surface area contributed by atoms with Crippen LogP contribution in [0.15, 0.2) is 82.6 Å². The van der Waals surface area contributed by atoms with E-state index in [4.69, 9.17) is 4.98 Å². The summed E-state index contributed by atoms with van der Waals surface area (Å²) in [4.78, 5) is 22.4. The van der Waals surface area contributed by atoms with Crippen molar-refractivity contribution >= 4 is 56.1 Å². The van der Waals surface area contributed by atoms with E-state index in [1.165, 1.54) is 9.79 Å². The fourth-order valence-electron chi connectivity index (χ4n) is 3.18. The van der Waals surface area contributed by atoms with Gasteiger partial charge in [0, 0.05) is 9.79 Å². The quantitative estimate of drug-likeness (QED) is 0.300. The van der Waals surface area contributed by atoms with E-state index in [0.29, 0.717) is 13.0 Å². The fraction of sp³-hybridized carbons (Fsp3) is 0.167. The lowest BCUT2D eigenvalue weighted by Crippen LogP contribution is -2.31. The number of hydrogen-bond acceptors (Lipinski definition) is 5. The standard InChI is InChI=1S/C24H22N2OS3/c1-28-19-10-8-17(9-11-19)14-23(27)26(16-18-6-4-3-5-7-18)24-25-21-13-12-20(29-2)15-22(21)30-24/h3-13,15H,14,16H2,1-2H3. The van der Waals surface area contributed by atoms with Crippen LogP contribution in [0.2, 0.25) is 0 Å². The van der Waals surface area contributed by atoms with Gasteiger partial charge in [-0.3, -0.25) is 9.69 Å². The maximum absolute atomic E-state index is 13.4. The van der Waals surface area contributed by atoms with E-state index in [1.54, 1.807) is 34.9 Å². The Labute approximate surface area is 189 Å². The third kappa shape index (κ3) is 4.89. The van der Waals surface area contributed by atoms with Gasteiger partial charge in [0.15, 0.2) is 5.13 Å². The van der Waals surface area contributed by atoms with Crippen LogP contribution in [0.3, 0.4) is 0 Å². The minimum Gasteiger partial charge on any atom is -0.283 e. The van der Waals surface area contributed by atoms with Crippen molar-refractivity contribution in [3.63, 3.8) is 0 Å². The van der Waals surface area contributed by atoms with Gasteiger partial charge in [0.25, 0.3) is 0 Å². The monoisotopic (exact) mass is 450 g/mol. The van der Waals surface area contributed by atoms with E-state index in [-0.39, 0.29) is 5.91 Å². The van der Waals surface area contributed by atoms with Crippen LogP contribution in [-0.4, -0.2) is 23.4 Å². The van der Waals surface area contributed by atoms with E-state index >= 15 is 0 Å². The minimum atomic E-state index is 0.0555. The van der Waals surface area contributed by atoms with Crippen molar-refractivity contribution in [2.24, 2.45) is 0 Å². The highest BCUT2D eigenvalue weighted by molar-refractivity contribution is 7.98. The molecule has 152 valence electrons. The SMILES string of the molecule is CSc1ccc(CC(=O)N(Cc2ccccc2)c2nc3ccc(SC)cc3s2)cc1. The van der Waals surface area contributed by atoms with Crippen molar-refractivity contribution in [3.05, 3.63) is 83.9 Å². The normalized spacial score (nSPS) is 11.0. The molecule has 0 aliphatic carbocycles. The van der Waals surface area contributed by atoms with E-state index in [0.717, 1.165) is 26.5 Å². The molecule has 0 saturated heterocycles. The van der Waals surface area contributed by atoms with E-state index in [1.807, 2.05) is 53.4 Å². The molecule has 4 aromatic rings. The number of rotatable bonds is 7. The van der Waals surface area contributed by atoms with Crippen molar-refractivity contribution in [3.8, 4) is 0 Å². The molecule has 6 heteroatoms. The molecule has 1 aromatic heterocycles. The number of nitrogens with zero attached hydrogens (tertiary/aromatic N) is 2. The zero-order valence-corrected chi connectivity index (χ0v) is 19.3. The van der Waals surface area contributed by atoms with Gasteiger partial charge in [-0.15, -0.1) is 23.5 Å². The Kier molecular flexibility index (Phi) is 6.77. The number of fused-ring (bicyclic) bond motifs is 1. The molecule has 4 rings (SSSR count). The molecule has 0 fully saturated rings. The maximum Gasteiger partial charge on any atom is 0.233 e. The van der Waals surface area contributed by atoms with Crippen LogP contribution < -0.4 is 4.90 Å². The highest BCUT2D eigenvalue weighted by Gasteiger charge is 2.20. The Hall–Kier alpha value is -2.28. The summed E-state index contributed by atoms with van der Waals surface area (Å²) >= 11 is 4.99. The largest absolute Gasteiger partial charge is 0.283 e. The Bertz CT molecular complexity index is 1140. The second-order valence-electron chi connectivity index (χ2n) is 6.82. The Morgan fingerprint density at radius 3 is 2.30 bits per heavy atom. The smallest absolute Gasteiger partial charge is 0.233 e. The van der Waals surface area contributed by atoms with Crippen molar-refractivity contribution in [1.29, 1.82) is 0 Å². The van der Waals surface area contributed by atoms with Gasteiger partial charge in [-0.1, -0.05) is 53.8 Å². The predicted molar refractivity (Wildman–Crippen MR) is 131 cm³/mol. The molecule has 3 aromatic carbocycles. The van der Waals surface area contributed by atoms with Crippen molar-refractivity contribution in [1.82, 2.24) is 4.98 Å². The number of benzene rings is 3. The van der Waals surface area contributed by atoms with Crippen LogP contribution in [0, 0.1) is 0 Å². The van der Waals surface area contributed by atoms with Crippen LogP contribution in [0.4, 0.5) is 5.13 Å². The Morgan fingerprint density at radius 2 is 1.60 bits per heavy atom. The fourth-order valence-corrected chi connectivity index (χ4v) is 5.12. The molecular formula is C24H22N2OS3. The van der Waals surface area contributed by atoms with E-state index < -0.39 is 0 Å². The zero-order valence-electron chi connectivity index (χ0n) is 16.9. The van der Waals surface area contributed by atoms with Crippen LogP contribution in [0.5, 0.6) is 0 Å². The highest BCUT2D eigenvalue weighted by Crippen LogP contribution is 2.32. The third-order valence-electron chi connectivity index (χ3n) is 4.81. The first-order valence-corrected chi connectivity index (χ1v) is 12.8. The lowest BCUT2D eigenvalue weighted by atomic mass is 10.1. The molecule has 1 heterocycles. The average Bonchev–Trinajstić information content (AvgIpc) is 3.21. The summed E-state index contributed by atoms with van der Waals surface area (Å²) in [7, 11) is 0. The second kappa shape index (κ2) is 9.69. The number of carbonyl (C=O) groups is 1. The first-order valence-electron chi connectivity index (χ1n) is 9.58. The molecular weight excluding hydrogens is 428 g/mol. The molecule has 0 bridgehead atoms. The average molecular weight is 451 g/mol. The molecule has 3 nitrogen and oxygen atoms in total. The summed E-state index contributed by atoms with van der Waals surface area (Å²) in [5, 5.41) is 0.748. The third-order valence-corrected chi connectivity index (χ3v) is 7.32. The first kappa shape index (κ1) is 21.0. The number of aromatic nitrogens is 1. The summed E-state index contributed by atoms with van der Waals surface area (Å²) < 4.78 is 1.10. The molecule has 0 N–H and O–H groups in total. The number of carbonyl (C=O) groups excluding carboxylic acids is 1. The van der Waals surface area contributed by atoms with Gasteiger partial charge in [-0.05, 0) is 54.0 Å². The number of thioether (sulfide) groups is 2. The number of thiazole rings is 1. The lowest BCUT2D eigenvalue weighted by Gasteiger charge is -2.20. The molecule has 0 spiro atoms. The summed E-state index contributed by atoms with van der Waals surface area (Å²) in [5.41, 5.74) is 3.04. The van der Waals surface area contributed by atoms with Crippen molar-refractivity contribution in [2.45, 2.75) is 22.8 Å². The van der Waals surface area contributed by atoms with Crippen LogP contribution in [0.25, 0.3) is 10.2 Å². The van der Waals surface area contributed by atoms with Gasteiger partial charge in [0.1, 0.15) is 0 Å². The predicted octanol–water partition coefficient (Wildman–Crippen LogP) is 6.52. The summed E-state index contributed by atoms with van der Waals surface area (Å²) in [6, 6.07) is 24.6. The minimum absolute atomic E-state index is 0.0555. The van der Waals surface area contributed by atoms with Gasteiger partial charge in [0.05, 0.1) is 23.2 Å². The van der Waals surface area contributed by atoms with Crippen molar-refractivity contribution in [2.75, 3.05) is 17.4 Å². The molecule has 0 unspecified atom stereocenters. The molecule has 0 radical (unpaired) electrons. The lowest BCUT2D eigenvalue weighted by molar-refractivity contribution is -0.118.